The lowest BCUT2D eigenvalue weighted by Gasteiger charge is -2.14. The first-order valence-corrected chi connectivity index (χ1v) is 7.81. The third-order valence-corrected chi connectivity index (χ3v) is 4.28. The first kappa shape index (κ1) is 13.9. The zero-order valence-corrected chi connectivity index (χ0v) is 12.5. The van der Waals surface area contributed by atoms with Gasteiger partial charge in [-0.3, -0.25) is 0 Å². The molecule has 0 unspecified atom stereocenters. The van der Waals surface area contributed by atoms with Gasteiger partial charge in [0.15, 0.2) is 5.22 Å². The summed E-state index contributed by atoms with van der Waals surface area (Å²) in [5.41, 5.74) is 1.94. The number of likely N-dealkylation sites (tertiary alicyclic amines) is 1. The Morgan fingerprint density at radius 3 is 2.85 bits per heavy atom. The van der Waals surface area contributed by atoms with Gasteiger partial charge in [-0.2, -0.15) is 0 Å². The topological polar surface area (TPSA) is 28.4 Å². The second-order valence-corrected chi connectivity index (χ2v) is 5.77. The van der Waals surface area contributed by atoms with Crippen molar-refractivity contribution in [1.82, 2.24) is 10.2 Å². The largest absolute Gasteiger partial charge is 0.444 e. The van der Waals surface area contributed by atoms with Crippen molar-refractivity contribution in [3.63, 3.8) is 0 Å². The summed E-state index contributed by atoms with van der Waals surface area (Å²) in [4.78, 5) is 2.54. The van der Waals surface area contributed by atoms with Crippen LogP contribution in [-0.2, 0) is 6.54 Å². The molecule has 1 fully saturated rings. The molecule has 0 amide bonds. The maximum atomic E-state index is 6.17. The van der Waals surface area contributed by atoms with E-state index in [0.29, 0.717) is 5.22 Å². The quantitative estimate of drug-likeness (QED) is 0.824. The first-order valence-electron chi connectivity index (χ1n) is 7.43. The minimum atomic E-state index is 0.512. The molecular formula is C16H21ClN2O. The summed E-state index contributed by atoms with van der Waals surface area (Å²) in [6.45, 7) is 5.55. The van der Waals surface area contributed by atoms with E-state index >= 15 is 0 Å². The highest BCUT2D eigenvalue weighted by atomic mass is 35.5. The lowest BCUT2D eigenvalue weighted by Crippen LogP contribution is -2.24. The van der Waals surface area contributed by atoms with Crippen LogP contribution in [-0.4, -0.2) is 31.1 Å². The van der Waals surface area contributed by atoms with E-state index in [1.807, 2.05) is 18.2 Å². The molecule has 1 saturated heterocycles. The fourth-order valence-electron chi connectivity index (χ4n) is 2.88. The summed E-state index contributed by atoms with van der Waals surface area (Å²) in [6.07, 6.45) is 3.92. The van der Waals surface area contributed by atoms with Crippen LogP contribution in [0, 0.1) is 0 Å². The normalized spacial score (nSPS) is 16.2. The number of nitrogens with one attached hydrogen (secondary N) is 1. The van der Waals surface area contributed by atoms with Gasteiger partial charge in [-0.15, -0.1) is 0 Å². The molecule has 20 heavy (non-hydrogen) atoms. The molecule has 0 bridgehead atoms. The van der Waals surface area contributed by atoms with Crippen LogP contribution >= 0.6 is 11.6 Å². The molecule has 1 aliphatic heterocycles. The second kappa shape index (κ2) is 6.61. The van der Waals surface area contributed by atoms with Crippen LogP contribution in [0.15, 0.2) is 28.7 Å². The SMILES string of the molecule is Clc1oc2ccccc2c1CNCCCN1CCCC1. The number of rotatable bonds is 6. The molecule has 0 aliphatic carbocycles. The van der Waals surface area contributed by atoms with E-state index in [9.17, 15) is 0 Å². The maximum absolute atomic E-state index is 6.17. The van der Waals surface area contributed by atoms with Gasteiger partial charge in [0.2, 0.25) is 0 Å². The van der Waals surface area contributed by atoms with E-state index in [1.165, 1.54) is 38.9 Å². The van der Waals surface area contributed by atoms with Crippen LogP contribution in [0.25, 0.3) is 11.0 Å². The summed E-state index contributed by atoms with van der Waals surface area (Å²) in [5, 5.41) is 5.10. The molecule has 0 radical (unpaired) electrons. The van der Waals surface area contributed by atoms with Gasteiger partial charge >= 0.3 is 0 Å². The summed E-state index contributed by atoms with van der Waals surface area (Å²) in [5.74, 6) is 0. The average molecular weight is 293 g/mol. The molecule has 0 atom stereocenters. The molecule has 108 valence electrons. The number of hydrogen-bond donors (Lipinski definition) is 1. The molecule has 2 heterocycles. The van der Waals surface area contributed by atoms with Gasteiger partial charge in [0.25, 0.3) is 0 Å². The smallest absolute Gasteiger partial charge is 0.199 e. The van der Waals surface area contributed by atoms with Crippen molar-refractivity contribution in [3.05, 3.63) is 35.0 Å². The van der Waals surface area contributed by atoms with Crippen LogP contribution in [0.4, 0.5) is 0 Å². The fourth-order valence-corrected chi connectivity index (χ4v) is 3.13. The van der Waals surface area contributed by atoms with Crippen molar-refractivity contribution >= 4 is 22.6 Å². The van der Waals surface area contributed by atoms with Crippen molar-refractivity contribution < 1.29 is 4.42 Å². The van der Waals surface area contributed by atoms with Crippen LogP contribution in [0.3, 0.4) is 0 Å². The lowest BCUT2D eigenvalue weighted by molar-refractivity contribution is 0.331. The van der Waals surface area contributed by atoms with Gasteiger partial charge in [-0.25, -0.2) is 0 Å². The summed E-state index contributed by atoms with van der Waals surface area (Å²) in [7, 11) is 0. The summed E-state index contributed by atoms with van der Waals surface area (Å²) >= 11 is 6.17. The third kappa shape index (κ3) is 3.17. The number of para-hydroxylation sites is 1. The van der Waals surface area contributed by atoms with E-state index in [1.54, 1.807) is 0 Å². The predicted molar refractivity (Wildman–Crippen MR) is 83.2 cm³/mol. The second-order valence-electron chi connectivity index (χ2n) is 5.43. The monoisotopic (exact) mass is 292 g/mol. The zero-order valence-electron chi connectivity index (χ0n) is 11.7. The number of halogens is 1. The van der Waals surface area contributed by atoms with Crippen LogP contribution < -0.4 is 5.32 Å². The van der Waals surface area contributed by atoms with Crippen LogP contribution in [0.5, 0.6) is 0 Å². The van der Waals surface area contributed by atoms with E-state index in [0.717, 1.165) is 29.6 Å². The van der Waals surface area contributed by atoms with Crippen molar-refractivity contribution in [1.29, 1.82) is 0 Å². The minimum absolute atomic E-state index is 0.512. The third-order valence-electron chi connectivity index (χ3n) is 3.98. The molecule has 1 aliphatic rings. The average Bonchev–Trinajstić information content (AvgIpc) is 3.06. The van der Waals surface area contributed by atoms with E-state index in [2.05, 4.69) is 16.3 Å². The highest BCUT2D eigenvalue weighted by molar-refractivity contribution is 6.30. The number of fused-ring (bicyclic) bond motifs is 1. The number of furan rings is 1. The van der Waals surface area contributed by atoms with Crippen LogP contribution in [0.2, 0.25) is 5.22 Å². The van der Waals surface area contributed by atoms with Gasteiger partial charge in [0, 0.05) is 17.5 Å². The Kier molecular flexibility index (Phi) is 4.61. The molecule has 1 N–H and O–H groups in total. The number of nitrogens with zero attached hydrogens (tertiary/aromatic N) is 1. The molecule has 0 spiro atoms. The van der Waals surface area contributed by atoms with Gasteiger partial charge < -0.3 is 14.6 Å². The van der Waals surface area contributed by atoms with E-state index in [-0.39, 0.29) is 0 Å². The van der Waals surface area contributed by atoms with Gasteiger partial charge in [0.05, 0.1) is 0 Å². The Morgan fingerprint density at radius 1 is 1.20 bits per heavy atom. The Balaban J connectivity index is 1.48. The minimum Gasteiger partial charge on any atom is -0.444 e. The zero-order chi connectivity index (χ0) is 13.8. The van der Waals surface area contributed by atoms with Crippen molar-refractivity contribution in [3.8, 4) is 0 Å². The first-order chi connectivity index (χ1) is 9.84. The predicted octanol–water partition coefficient (Wildman–Crippen LogP) is 3.66. The Labute approximate surface area is 124 Å². The standard InChI is InChI=1S/C16H21ClN2O/c17-16-14(13-6-1-2-7-15(13)20-16)12-18-8-5-11-19-9-3-4-10-19/h1-2,6-7,18H,3-5,8-12H2. The van der Waals surface area contributed by atoms with Crippen molar-refractivity contribution in [2.75, 3.05) is 26.2 Å². The Bertz CT molecular complexity index is 561. The summed E-state index contributed by atoms with van der Waals surface area (Å²) < 4.78 is 5.55. The van der Waals surface area contributed by atoms with E-state index in [4.69, 9.17) is 16.0 Å². The highest BCUT2D eigenvalue weighted by Gasteiger charge is 2.12. The molecule has 2 aromatic rings. The van der Waals surface area contributed by atoms with Crippen molar-refractivity contribution in [2.45, 2.75) is 25.8 Å². The molecule has 0 saturated carbocycles. The molecular weight excluding hydrogens is 272 g/mol. The molecule has 3 nitrogen and oxygen atoms in total. The highest BCUT2D eigenvalue weighted by Crippen LogP contribution is 2.29. The van der Waals surface area contributed by atoms with Crippen LogP contribution in [0.1, 0.15) is 24.8 Å². The molecule has 4 heteroatoms. The fraction of sp³-hybridized carbons (Fsp3) is 0.500. The number of benzene rings is 1. The number of hydrogen-bond acceptors (Lipinski definition) is 3. The summed E-state index contributed by atoms with van der Waals surface area (Å²) in [6, 6.07) is 8.00. The Hall–Kier alpha value is -1.03. The van der Waals surface area contributed by atoms with Gasteiger partial charge in [-0.05, 0) is 63.1 Å². The van der Waals surface area contributed by atoms with Gasteiger partial charge in [-0.1, -0.05) is 18.2 Å². The Morgan fingerprint density at radius 2 is 2.00 bits per heavy atom. The molecule has 3 rings (SSSR count). The maximum Gasteiger partial charge on any atom is 0.199 e. The lowest BCUT2D eigenvalue weighted by atomic mass is 10.2. The molecule has 1 aromatic carbocycles. The molecule has 1 aromatic heterocycles. The van der Waals surface area contributed by atoms with Gasteiger partial charge in [0.1, 0.15) is 5.58 Å². The van der Waals surface area contributed by atoms with E-state index < -0.39 is 0 Å². The van der Waals surface area contributed by atoms with Crippen molar-refractivity contribution in [2.24, 2.45) is 0 Å².